The highest BCUT2D eigenvalue weighted by Gasteiger charge is 2.15. The first-order chi connectivity index (χ1) is 5.09. The number of carboxylic acid groups (broad SMARTS) is 2. The molecule has 2 N–H and O–H groups in total. The Morgan fingerprint density at radius 3 is 2.09 bits per heavy atom. The molecule has 0 unspecified atom stereocenters. The lowest BCUT2D eigenvalue weighted by Gasteiger charge is -1.95. The average molecular weight is 160 g/mol. The van der Waals surface area contributed by atoms with Crippen LogP contribution < -0.4 is 0 Å². The van der Waals surface area contributed by atoms with E-state index < -0.39 is 17.5 Å². The van der Waals surface area contributed by atoms with Crippen molar-refractivity contribution in [3.05, 3.63) is 11.8 Å². The number of carboxylic acids is 2. The minimum absolute atomic E-state index is 0.240. The Kier molecular flexibility index (Phi) is 3.72. The smallest absolute Gasteiger partial charge is 0.346 e. The van der Waals surface area contributed by atoms with Gasteiger partial charge in [0, 0.05) is 0 Å². The van der Waals surface area contributed by atoms with Crippen LogP contribution in [0.5, 0.6) is 0 Å². The minimum atomic E-state index is -1.51. The topological polar surface area (TPSA) is 83.8 Å². The predicted molar refractivity (Wildman–Crippen MR) is 35.0 cm³/mol. The third-order valence-corrected chi connectivity index (χ3v) is 0.829. The summed E-state index contributed by atoms with van der Waals surface area (Å²) >= 11 is 0. The molecule has 0 atom stereocenters. The first-order valence-electron chi connectivity index (χ1n) is 2.88. The van der Waals surface area contributed by atoms with Crippen LogP contribution in [0.3, 0.4) is 0 Å². The van der Waals surface area contributed by atoms with Crippen LogP contribution in [-0.4, -0.2) is 28.8 Å². The number of ether oxygens (including phenoxy) is 1. The fourth-order valence-corrected chi connectivity index (χ4v) is 0.359. The van der Waals surface area contributed by atoms with Gasteiger partial charge < -0.3 is 14.9 Å². The maximum atomic E-state index is 10.1. The molecule has 0 amide bonds. The van der Waals surface area contributed by atoms with Gasteiger partial charge in [0.1, 0.15) is 6.26 Å². The fraction of sp³-hybridized carbons (Fsp3) is 0.333. The molecule has 0 aliphatic carbocycles. The second-order valence-corrected chi connectivity index (χ2v) is 1.60. The Labute approximate surface area is 62.9 Å². The van der Waals surface area contributed by atoms with E-state index in [1.54, 1.807) is 6.92 Å². The third kappa shape index (κ3) is 3.24. The van der Waals surface area contributed by atoms with Crippen molar-refractivity contribution >= 4 is 11.9 Å². The predicted octanol–water partition coefficient (Wildman–Crippen LogP) is 0.0760. The van der Waals surface area contributed by atoms with Crippen molar-refractivity contribution in [2.75, 3.05) is 6.61 Å². The molecule has 0 aromatic rings. The lowest BCUT2D eigenvalue weighted by molar-refractivity contribution is -0.140. The first-order valence-corrected chi connectivity index (χ1v) is 2.88. The Morgan fingerprint density at radius 2 is 1.82 bits per heavy atom. The van der Waals surface area contributed by atoms with Crippen LogP contribution in [0, 0.1) is 0 Å². The van der Waals surface area contributed by atoms with Gasteiger partial charge in [-0.25, -0.2) is 9.59 Å². The largest absolute Gasteiger partial charge is 0.500 e. The van der Waals surface area contributed by atoms with Gasteiger partial charge >= 0.3 is 11.9 Å². The fourth-order valence-electron chi connectivity index (χ4n) is 0.359. The third-order valence-electron chi connectivity index (χ3n) is 0.829. The Hall–Kier alpha value is -1.52. The molecule has 11 heavy (non-hydrogen) atoms. The van der Waals surface area contributed by atoms with Crippen LogP contribution in [0.25, 0.3) is 0 Å². The van der Waals surface area contributed by atoms with Crippen molar-refractivity contribution < 1.29 is 24.5 Å². The van der Waals surface area contributed by atoms with E-state index >= 15 is 0 Å². The molecule has 0 saturated heterocycles. The van der Waals surface area contributed by atoms with E-state index in [1.165, 1.54) is 0 Å². The molecule has 0 aliphatic rings. The summed E-state index contributed by atoms with van der Waals surface area (Å²) in [6.45, 7) is 1.86. The van der Waals surface area contributed by atoms with E-state index in [2.05, 4.69) is 4.74 Å². The molecule has 0 fully saturated rings. The van der Waals surface area contributed by atoms with Crippen LogP contribution in [0.2, 0.25) is 0 Å². The number of carbonyl (C=O) groups is 2. The number of hydrogen-bond acceptors (Lipinski definition) is 3. The first kappa shape index (κ1) is 9.48. The van der Waals surface area contributed by atoms with Crippen molar-refractivity contribution in [3.8, 4) is 0 Å². The molecule has 0 aromatic carbocycles. The molecule has 0 saturated carbocycles. The molecule has 5 heteroatoms. The summed E-state index contributed by atoms with van der Waals surface area (Å²) in [7, 11) is 0. The molecule has 0 aliphatic heterocycles. The summed E-state index contributed by atoms with van der Waals surface area (Å²) in [6, 6.07) is 0. The molecule has 0 heterocycles. The van der Waals surface area contributed by atoms with E-state index in [1.807, 2.05) is 0 Å². The van der Waals surface area contributed by atoms with Gasteiger partial charge in [0.05, 0.1) is 6.61 Å². The Balaban J connectivity index is 4.33. The van der Waals surface area contributed by atoms with E-state index in [-0.39, 0.29) is 6.61 Å². The summed E-state index contributed by atoms with van der Waals surface area (Å²) in [5, 5.41) is 16.5. The highest BCUT2D eigenvalue weighted by Crippen LogP contribution is 1.94. The zero-order valence-corrected chi connectivity index (χ0v) is 5.90. The van der Waals surface area contributed by atoms with Gasteiger partial charge in [0.2, 0.25) is 0 Å². The van der Waals surface area contributed by atoms with Crippen molar-refractivity contribution in [1.29, 1.82) is 0 Å². The van der Waals surface area contributed by atoms with Crippen LogP contribution in [0.4, 0.5) is 0 Å². The molecular weight excluding hydrogens is 152 g/mol. The quantitative estimate of drug-likeness (QED) is 0.263. The maximum absolute atomic E-state index is 10.1. The van der Waals surface area contributed by atoms with Crippen molar-refractivity contribution in [2.45, 2.75) is 6.92 Å². The lowest BCUT2D eigenvalue weighted by Crippen LogP contribution is -2.11. The molecule has 0 rings (SSSR count). The SMILES string of the molecule is CCOC=C(C(=O)O)C(=O)O. The van der Waals surface area contributed by atoms with E-state index in [0.717, 1.165) is 0 Å². The Morgan fingerprint density at radius 1 is 1.36 bits per heavy atom. The van der Waals surface area contributed by atoms with Crippen molar-refractivity contribution in [3.63, 3.8) is 0 Å². The van der Waals surface area contributed by atoms with Crippen LogP contribution in [0.15, 0.2) is 11.8 Å². The van der Waals surface area contributed by atoms with E-state index in [4.69, 9.17) is 10.2 Å². The van der Waals surface area contributed by atoms with Crippen LogP contribution in [-0.2, 0) is 14.3 Å². The zero-order valence-electron chi connectivity index (χ0n) is 5.90. The monoisotopic (exact) mass is 160 g/mol. The highest BCUT2D eigenvalue weighted by atomic mass is 16.5. The van der Waals surface area contributed by atoms with Gasteiger partial charge in [-0.05, 0) is 6.92 Å². The van der Waals surface area contributed by atoms with E-state index in [9.17, 15) is 9.59 Å². The van der Waals surface area contributed by atoms with Gasteiger partial charge in [0.25, 0.3) is 0 Å². The number of aliphatic carboxylic acids is 2. The van der Waals surface area contributed by atoms with Crippen molar-refractivity contribution in [1.82, 2.24) is 0 Å². The summed E-state index contributed by atoms with van der Waals surface area (Å²) in [5.41, 5.74) is -0.771. The second kappa shape index (κ2) is 4.32. The van der Waals surface area contributed by atoms with Crippen molar-refractivity contribution in [2.24, 2.45) is 0 Å². The molecule has 0 spiro atoms. The van der Waals surface area contributed by atoms with Gasteiger partial charge in [0.15, 0.2) is 5.57 Å². The van der Waals surface area contributed by atoms with Gasteiger partial charge in [-0.1, -0.05) is 0 Å². The van der Waals surface area contributed by atoms with Gasteiger partial charge in [-0.2, -0.15) is 0 Å². The maximum Gasteiger partial charge on any atom is 0.346 e. The van der Waals surface area contributed by atoms with Gasteiger partial charge in [-0.3, -0.25) is 0 Å². The molecule has 0 radical (unpaired) electrons. The highest BCUT2D eigenvalue weighted by molar-refractivity contribution is 6.12. The average Bonchev–Trinajstić information content (AvgIpc) is 1.87. The standard InChI is InChI=1S/C6H8O5/c1-2-11-3-4(5(7)8)6(9)10/h3H,2H2,1H3,(H,7,8)(H,9,10). The summed E-state index contributed by atoms with van der Waals surface area (Å²) in [6.07, 6.45) is 0.713. The minimum Gasteiger partial charge on any atom is -0.500 e. The molecule has 5 nitrogen and oxygen atoms in total. The summed E-state index contributed by atoms with van der Waals surface area (Å²) < 4.78 is 4.49. The van der Waals surface area contributed by atoms with Crippen LogP contribution >= 0.6 is 0 Å². The lowest BCUT2D eigenvalue weighted by atomic mass is 10.3. The zero-order chi connectivity index (χ0) is 8.85. The molecular formula is C6H8O5. The molecule has 62 valence electrons. The van der Waals surface area contributed by atoms with Gasteiger partial charge in [-0.15, -0.1) is 0 Å². The summed E-state index contributed by atoms with van der Waals surface area (Å²) in [5.74, 6) is -3.02. The van der Waals surface area contributed by atoms with E-state index in [0.29, 0.717) is 6.26 Å². The molecule has 0 aromatic heterocycles. The number of rotatable bonds is 4. The normalized spacial score (nSPS) is 8.45. The number of hydrogen-bond donors (Lipinski definition) is 2. The Bertz CT molecular complexity index is 177. The molecule has 0 bridgehead atoms. The van der Waals surface area contributed by atoms with Crippen LogP contribution in [0.1, 0.15) is 6.92 Å². The second-order valence-electron chi connectivity index (χ2n) is 1.60. The summed E-state index contributed by atoms with van der Waals surface area (Å²) in [4.78, 5) is 20.2.